The second-order valence-electron chi connectivity index (χ2n) is 8.21. The van der Waals surface area contributed by atoms with Crippen molar-refractivity contribution in [1.29, 1.82) is 0 Å². The molecule has 4 rings (SSSR count). The Morgan fingerprint density at radius 3 is 2.61 bits per heavy atom. The molecule has 1 saturated carbocycles. The van der Waals surface area contributed by atoms with E-state index in [0.29, 0.717) is 17.0 Å². The Morgan fingerprint density at radius 2 is 1.97 bits per heavy atom. The quantitative estimate of drug-likeness (QED) is 0.632. The summed E-state index contributed by atoms with van der Waals surface area (Å²) in [4.78, 5) is 26.4. The lowest BCUT2D eigenvalue weighted by Gasteiger charge is -2.21. The fourth-order valence-electron chi connectivity index (χ4n) is 4.05. The molecule has 31 heavy (non-hydrogen) atoms. The summed E-state index contributed by atoms with van der Waals surface area (Å²) in [6.07, 6.45) is 7.99. The van der Waals surface area contributed by atoms with E-state index in [1.54, 1.807) is 0 Å². The van der Waals surface area contributed by atoms with Crippen LogP contribution in [0, 0.1) is 13.8 Å². The molecule has 0 aliphatic heterocycles. The first-order valence-electron chi connectivity index (χ1n) is 10.9. The number of thiophene rings is 1. The van der Waals surface area contributed by atoms with Gasteiger partial charge in [-0.3, -0.25) is 9.59 Å². The van der Waals surface area contributed by atoms with Gasteiger partial charge in [-0.15, -0.1) is 11.3 Å². The van der Waals surface area contributed by atoms with Gasteiger partial charge in [0.05, 0.1) is 16.1 Å². The first-order valence-corrected chi connectivity index (χ1v) is 11.8. The van der Waals surface area contributed by atoms with Crippen molar-refractivity contribution >= 4 is 17.2 Å². The molecule has 8 heteroatoms. The lowest BCUT2D eigenvalue weighted by atomic mass is 9.97. The van der Waals surface area contributed by atoms with Gasteiger partial charge in [0.15, 0.2) is 5.76 Å². The highest BCUT2D eigenvalue weighted by atomic mass is 32.1. The highest BCUT2D eigenvalue weighted by Gasteiger charge is 2.21. The van der Waals surface area contributed by atoms with Gasteiger partial charge >= 0.3 is 0 Å². The Morgan fingerprint density at radius 1 is 1.23 bits per heavy atom. The van der Waals surface area contributed by atoms with Gasteiger partial charge in [0.25, 0.3) is 5.56 Å². The van der Waals surface area contributed by atoms with E-state index in [0.717, 1.165) is 41.8 Å². The molecule has 0 aromatic carbocycles. The van der Waals surface area contributed by atoms with Crippen molar-refractivity contribution in [3.05, 3.63) is 45.2 Å². The molecule has 1 aliphatic rings. The van der Waals surface area contributed by atoms with Crippen LogP contribution in [0.2, 0.25) is 0 Å². The predicted octanol–water partition coefficient (Wildman–Crippen LogP) is 4.47. The van der Waals surface area contributed by atoms with Crippen molar-refractivity contribution < 1.29 is 9.32 Å². The first-order chi connectivity index (χ1) is 15.0. The van der Waals surface area contributed by atoms with E-state index in [-0.39, 0.29) is 24.1 Å². The lowest BCUT2D eigenvalue weighted by molar-refractivity contribution is -0.122. The number of rotatable bonds is 5. The van der Waals surface area contributed by atoms with Crippen LogP contribution in [-0.4, -0.2) is 26.9 Å². The molecule has 3 aromatic heterocycles. The van der Waals surface area contributed by atoms with Crippen LogP contribution in [0.1, 0.15) is 56.2 Å². The van der Waals surface area contributed by atoms with Gasteiger partial charge in [-0.25, -0.2) is 4.68 Å². The summed E-state index contributed by atoms with van der Waals surface area (Å²) >= 11 is 1.52. The highest BCUT2D eigenvalue weighted by molar-refractivity contribution is 7.13. The minimum atomic E-state index is -0.337. The van der Waals surface area contributed by atoms with Gasteiger partial charge in [0, 0.05) is 17.7 Å². The molecule has 0 unspecified atom stereocenters. The molecule has 0 bridgehead atoms. The standard InChI is InChI=1S/C23H28N4O3S/c1-15-16(2)26-30-23(15)18-13-21(29)27(25-22(18)19-11-8-12-31-19)14-20(28)24-17-9-6-4-3-5-7-10-17/h8,11-13,17H,3-7,9-10,14H2,1-2H3,(H,24,28). The van der Waals surface area contributed by atoms with Crippen molar-refractivity contribution in [3.63, 3.8) is 0 Å². The second kappa shape index (κ2) is 9.60. The molecule has 1 amide bonds. The molecule has 164 valence electrons. The molecular formula is C23H28N4O3S. The number of hydrogen-bond donors (Lipinski definition) is 1. The Bertz CT molecular complexity index is 1090. The molecule has 7 nitrogen and oxygen atoms in total. The van der Waals surface area contributed by atoms with Gasteiger partial charge in [-0.2, -0.15) is 5.10 Å². The van der Waals surface area contributed by atoms with Crippen LogP contribution >= 0.6 is 11.3 Å². The molecule has 3 aromatic rings. The number of hydrogen-bond acceptors (Lipinski definition) is 6. The van der Waals surface area contributed by atoms with E-state index in [1.165, 1.54) is 41.3 Å². The van der Waals surface area contributed by atoms with Crippen molar-refractivity contribution in [3.8, 4) is 21.9 Å². The number of amides is 1. The van der Waals surface area contributed by atoms with E-state index in [4.69, 9.17) is 4.52 Å². The van der Waals surface area contributed by atoms with Crippen molar-refractivity contribution in [1.82, 2.24) is 20.3 Å². The smallest absolute Gasteiger partial charge is 0.268 e. The highest BCUT2D eigenvalue weighted by Crippen LogP contribution is 2.34. The molecule has 3 heterocycles. The third-order valence-electron chi connectivity index (χ3n) is 5.92. The van der Waals surface area contributed by atoms with Gasteiger partial charge in [0.1, 0.15) is 12.2 Å². The van der Waals surface area contributed by atoms with Crippen LogP contribution < -0.4 is 10.9 Å². The Hall–Kier alpha value is -2.74. The summed E-state index contributed by atoms with van der Waals surface area (Å²) in [5.41, 5.74) is 2.53. The van der Waals surface area contributed by atoms with Crippen LogP contribution in [0.3, 0.4) is 0 Å². The van der Waals surface area contributed by atoms with Crippen LogP contribution in [0.25, 0.3) is 21.9 Å². The largest absolute Gasteiger partial charge is 0.356 e. The van der Waals surface area contributed by atoms with E-state index >= 15 is 0 Å². The summed E-state index contributed by atoms with van der Waals surface area (Å²) < 4.78 is 6.75. The zero-order valence-electron chi connectivity index (χ0n) is 18.0. The Balaban J connectivity index is 1.61. The van der Waals surface area contributed by atoms with Crippen molar-refractivity contribution in [2.24, 2.45) is 0 Å². The van der Waals surface area contributed by atoms with E-state index in [9.17, 15) is 9.59 Å². The average molecular weight is 441 g/mol. The lowest BCUT2D eigenvalue weighted by Crippen LogP contribution is -2.39. The normalized spacial score (nSPS) is 15.4. The van der Waals surface area contributed by atoms with Crippen LogP contribution in [0.15, 0.2) is 32.9 Å². The maximum Gasteiger partial charge on any atom is 0.268 e. The van der Waals surface area contributed by atoms with Gasteiger partial charge in [0.2, 0.25) is 5.91 Å². The summed E-state index contributed by atoms with van der Waals surface area (Å²) in [5, 5.41) is 13.7. The molecule has 0 spiro atoms. The fraction of sp³-hybridized carbons (Fsp3) is 0.478. The van der Waals surface area contributed by atoms with Gasteiger partial charge in [-0.1, -0.05) is 43.3 Å². The molecule has 1 aliphatic carbocycles. The Kier molecular flexibility index (Phi) is 6.65. The van der Waals surface area contributed by atoms with Crippen molar-refractivity contribution in [2.45, 2.75) is 71.4 Å². The number of carbonyl (C=O) groups is 1. The number of nitrogens with zero attached hydrogens (tertiary/aromatic N) is 3. The number of nitrogens with one attached hydrogen (secondary N) is 1. The summed E-state index contributed by atoms with van der Waals surface area (Å²) in [6, 6.07) is 5.55. The monoisotopic (exact) mass is 440 g/mol. The molecule has 0 radical (unpaired) electrons. The van der Waals surface area contributed by atoms with Crippen LogP contribution in [-0.2, 0) is 11.3 Å². The summed E-state index contributed by atoms with van der Waals surface area (Å²) in [6.45, 7) is 3.68. The summed E-state index contributed by atoms with van der Waals surface area (Å²) in [5.74, 6) is 0.369. The maximum atomic E-state index is 12.8. The van der Waals surface area contributed by atoms with E-state index < -0.39 is 0 Å². The molecule has 1 fully saturated rings. The molecule has 1 N–H and O–H groups in total. The third-order valence-corrected chi connectivity index (χ3v) is 6.79. The van der Waals surface area contributed by atoms with Gasteiger partial charge < -0.3 is 9.84 Å². The number of carbonyl (C=O) groups excluding carboxylic acids is 1. The first kappa shape index (κ1) is 21.5. The van der Waals surface area contributed by atoms with Gasteiger partial charge in [-0.05, 0) is 38.1 Å². The minimum Gasteiger partial charge on any atom is -0.356 e. The maximum absolute atomic E-state index is 12.8. The number of aryl methyl sites for hydroxylation is 1. The molecule has 0 saturated heterocycles. The second-order valence-corrected chi connectivity index (χ2v) is 9.16. The van der Waals surface area contributed by atoms with Crippen molar-refractivity contribution in [2.75, 3.05) is 0 Å². The van der Waals surface area contributed by atoms with E-state index in [2.05, 4.69) is 15.6 Å². The minimum absolute atomic E-state index is 0.0948. The zero-order chi connectivity index (χ0) is 21.8. The third kappa shape index (κ3) is 4.95. The molecule has 0 atom stereocenters. The molecular weight excluding hydrogens is 412 g/mol. The van der Waals surface area contributed by atoms with Crippen LogP contribution in [0.5, 0.6) is 0 Å². The van der Waals surface area contributed by atoms with Crippen LogP contribution in [0.4, 0.5) is 0 Å². The summed E-state index contributed by atoms with van der Waals surface area (Å²) in [7, 11) is 0. The zero-order valence-corrected chi connectivity index (χ0v) is 18.8. The topological polar surface area (TPSA) is 90.0 Å². The fourth-order valence-corrected chi connectivity index (χ4v) is 4.77. The van der Waals surface area contributed by atoms with E-state index in [1.807, 2.05) is 31.4 Å². The SMILES string of the molecule is Cc1noc(-c2cc(=O)n(CC(=O)NC3CCCCCCC3)nc2-c2cccs2)c1C. The number of aromatic nitrogens is 3. The Labute approximate surface area is 185 Å². The predicted molar refractivity (Wildman–Crippen MR) is 121 cm³/mol. The average Bonchev–Trinajstić information content (AvgIpc) is 3.36.